The van der Waals surface area contributed by atoms with E-state index < -0.39 is 10.0 Å². The highest BCUT2D eigenvalue weighted by Gasteiger charge is 2.42. The van der Waals surface area contributed by atoms with E-state index in [0.717, 1.165) is 43.5 Å². The van der Waals surface area contributed by atoms with Gasteiger partial charge in [0, 0.05) is 18.6 Å². The number of nitrogens with one attached hydrogen (secondary N) is 1. The average Bonchev–Trinajstić information content (AvgIpc) is 2.66. The molecular formula is C15H23ClN2O2S. The zero-order valence-electron chi connectivity index (χ0n) is 12.5. The van der Waals surface area contributed by atoms with Gasteiger partial charge in [-0.1, -0.05) is 6.07 Å². The standard InChI is InChI=1S/C15H22N2O2S.ClH/c1-11-3-6-15(9-12(11)2)20(18,19)17-13-4-5-14(17)10-16-8-7-13;/h3,6,9,13-14,16H,4-5,7-8,10H2,1-2H3;1H. The molecule has 118 valence electrons. The molecule has 0 spiro atoms. The third kappa shape index (κ3) is 2.97. The summed E-state index contributed by atoms with van der Waals surface area (Å²) in [6.45, 7) is 5.67. The van der Waals surface area contributed by atoms with Gasteiger partial charge in [-0.3, -0.25) is 0 Å². The molecule has 0 amide bonds. The Labute approximate surface area is 133 Å². The van der Waals surface area contributed by atoms with Crippen molar-refractivity contribution < 1.29 is 8.42 Å². The van der Waals surface area contributed by atoms with Crippen LogP contribution in [0.15, 0.2) is 23.1 Å². The van der Waals surface area contributed by atoms with E-state index in [4.69, 9.17) is 0 Å². The summed E-state index contributed by atoms with van der Waals surface area (Å²) in [7, 11) is -3.37. The van der Waals surface area contributed by atoms with Crippen molar-refractivity contribution in [2.24, 2.45) is 0 Å². The van der Waals surface area contributed by atoms with Gasteiger partial charge >= 0.3 is 0 Å². The molecule has 2 bridgehead atoms. The first-order valence-electron chi connectivity index (χ1n) is 7.31. The van der Waals surface area contributed by atoms with Crippen molar-refractivity contribution in [1.82, 2.24) is 9.62 Å². The topological polar surface area (TPSA) is 49.4 Å². The van der Waals surface area contributed by atoms with Gasteiger partial charge in [0.1, 0.15) is 0 Å². The number of aryl methyl sites for hydroxylation is 2. The van der Waals surface area contributed by atoms with Crippen LogP contribution in [0.4, 0.5) is 0 Å². The molecule has 6 heteroatoms. The summed E-state index contributed by atoms with van der Waals surface area (Å²) in [5.41, 5.74) is 2.16. The maximum atomic E-state index is 13.0. The van der Waals surface area contributed by atoms with E-state index in [-0.39, 0.29) is 24.5 Å². The Hall–Kier alpha value is -0.620. The van der Waals surface area contributed by atoms with Crippen LogP contribution in [0.1, 0.15) is 30.4 Å². The van der Waals surface area contributed by atoms with Gasteiger partial charge in [-0.25, -0.2) is 8.42 Å². The second kappa shape index (κ2) is 6.24. The zero-order chi connectivity index (χ0) is 14.3. The number of fused-ring (bicyclic) bond motifs is 2. The Bertz CT molecular complexity index is 604. The zero-order valence-corrected chi connectivity index (χ0v) is 14.1. The van der Waals surface area contributed by atoms with Crippen molar-refractivity contribution in [3.05, 3.63) is 29.3 Å². The highest BCUT2D eigenvalue weighted by molar-refractivity contribution is 7.89. The fraction of sp³-hybridized carbons (Fsp3) is 0.600. The molecular weight excluding hydrogens is 308 g/mol. The van der Waals surface area contributed by atoms with Crippen molar-refractivity contribution in [3.8, 4) is 0 Å². The van der Waals surface area contributed by atoms with E-state index in [0.29, 0.717) is 4.90 Å². The van der Waals surface area contributed by atoms with Crippen molar-refractivity contribution in [2.75, 3.05) is 13.1 Å². The molecule has 2 atom stereocenters. The van der Waals surface area contributed by atoms with E-state index in [1.807, 2.05) is 26.0 Å². The number of hydrogen-bond donors (Lipinski definition) is 1. The summed E-state index contributed by atoms with van der Waals surface area (Å²) in [5.74, 6) is 0. The van der Waals surface area contributed by atoms with Gasteiger partial charge in [-0.2, -0.15) is 4.31 Å². The molecule has 1 aromatic rings. The number of sulfonamides is 1. The van der Waals surface area contributed by atoms with Gasteiger partial charge < -0.3 is 5.32 Å². The molecule has 0 aromatic heterocycles. The molecule has 2 aliphatic heterocycles. The molecule has 1 aromatic carbocycles. The van der Waals surface area contributed by atoms with Crippen molar-refractivity contribution in [3.63, 3.8) is 0 Å². The predicted octanol–water partition coefficient (Wildman–Crippen LogP) is 2.24. The molecule has 1 N–H and O–H groups in total. The van der Waals surface area contributed by atoms with Gasteiger partial charge in [0.2, 0.25) is 10.0 Å². The van der Waals surface area contributed by atoms with E-state index in [2.05, 4.69) is 5.32 Å². The van der Waals surface area contributed by atoms with E-state index in [9.17, 15) is 8.42 Å². The summed E-state index contributed by atoms with van der Waals surface area (Å²) in [4.78, 5) is 0.444. The molecule has 3 rings (SSSR count). The quantitative estimate of drug-likeness (QED) is 0.904. The monoisotopic (exact) mass is 330 g/mol. The maximum Gasteiger partial charge on any atom is 0.243 e. The van der Waals surface area contributed by atoms with Gasteiger partial charge in [0.15, 0.2) is 0 Å². The van der Waals surface area contributed by atoms with Crippen LogP contribution >= 0.6 is 12.4 Å². The number of rotatable bonds is 2. The minimum atomic E-state index is -3.37. The van der Waals surface area contributed by atoms with E-state index in [1.54, 1.807) is 10.4 Å². The van der Waals surface area contributed by atoms with Crippen LogP contribution < -0.4 is 5.32 Å². The average molecular weight is 331 g/mol. The normalized spacial score (nSPS) is 26.2. The lowest BCUT2D eigenvalue weighted by Gasteiger charge is -2.27. The van der Waals surface area contributed by atoms with E-state index >= 15 is 0 Å². The summed E-state index contributed by atoms with van der Waals surface area (Å²) in [6.07, 6.45) is 2.89. The first kappa shape index (κ1) is 16.7. The van der Waals surface area contributed by atoms with Crippen LogP contribution in [-0.4, -0.2) is 37.9 Å². The SMILES string of the molecule is Cc1ccc(S(=O)(=O)N2C3CCNCC2CC3)cc1C.Cl. The van der Waals surface area contributed by atoms with Gasteiger partial charge in [0.25, 0.3) is 0 Å². The number of hydrogen-bond acceptors (Lipinski definition) is 3. The molecule has 2 fully saturated rings. The van der Waals surface area contributed by atoms with E-state index in [1.165, 1.54) is 0 Å². The van der Waals surface area contributed by atoms with Crippen LogP contribution in [0, 0.1) is 13.8 Å². The molecule has 2 saturated heterocycles. The molecule has 0 aliphatic carbocycles. The first-order valence-corrected chi connectivity index (χ1v) is 8.75. The minimum absolute atomic E-state index is 0. The molecule has 0 saturated carbocycles. The molecule has 4 nitrogen and oxygen atoms in total. The third-order valence-corrected chi connectivity index (χ3v) is 6.64. The first-order chi connectivity index (χ1) is 9.50. The smallest absolute Gasteiger partial charge is 0.243 e. The van der Waals surface area contributed by atoms with Crippen LogP contribution in [0.25, 0.3) is 0 Å². The van der Waals surface area contributed by atoms with Gasteiger partial charge in [0.05, 0.1) is 4.90 Å². The predicted molar refractivity (Wildman–Crippen MR) is 86.5 cm³/mol. The third-order valence-electron chi connectivity index (χ3n) is 4.64. The maximum absolute atomic E-state index is 13.0. The second-order valence-corrected chi connectivity index (χ2v) is 7.80. The Morgan fingerprint density at radius 2 is 1.81 bits per heavy atom. The van der Waals surface area contributed by atoms with Crippen LogP contribution in [0.5, 0.6) is 0 Å². The molecule has 2 heterocycles. The fourth-order valence-electron chi connectivity index (χ4n) is 3.33. The summed E-state index contributed by atoms with van der Waals surface area (Å²) < 4.78 is 27.7. The lowest BCUT2D eigenvalue weighted by molar-refractivity contribution is 0.334. The Morgan fingerprint density at radius 1 is 1.10 bits per heavy atom. The van der Waals surface area contributed by atoms with Crippen molar-refractivity contribution in [1.29, 1.82) is 0 Å². The van der Waals surface area contributed by atoms with Crippen LogP contribution in [0.3, 0.4) is 0 Å². The lowest BCUT2D eigenvalue weighted by atomic mass is 10.1. The van der Waals surface area contributed by atoms with Crippen LogP contribution in [-0.2, 0) is 10.0 Å². The summed E-state index contributed by atoms with van der Waals surface area (Å²) in [5, 5.41) is 3.35. The Balaban J connectivity index is 0.00000161. The molecule has 2 aliphatic rings. The van der Waals surface area contributed by atoms with Gasteiger partial charge in [-0.05, 0) is 62.9 Å². The minimum Gasteiger partial charge on any atom is -0.315 e. The van der Waals surface area contributed by atoms with Crippen molar-refractivity contribution in [2.45, 2.75) is 50.1 Å². The van der Waals surface area contributed by atoms with Gasteiger partial charge in [-0.15, -0.1) is 12.4 Å². The van der Waals surface area contributed by atoms with Crippen molar-refractivity contribution >= 4 is 22.4 Å². The largest absolute Gasteiger partial charge is 0.315 e. The summed E-state index contributed by atoms with van der Waals surface area (Å²) >= 11 is 0. The number of benzene rings is 1. The summed E-state index contributed by atoms with van der Waals surface area (Å²) in [6, 6.07) is 5.74. The second-order valence-electron chi connectivity index (χ2n) is 5.96. The number of halogens is 1. The lowest BCUT2D eigenvalue weighted by Crippen LogP contribution is -2.42. The fourth-order valence-corrected chi connectivity index (χ4v) is 5.31. The van der Waals surface area contributed by atoms with Crippen LogP contribution in [0.2, 0.25) is 0 Å². The number of nitrogens with zero attached hydrogens (tertiary/aromatic N) is 1. The molecule has 0 radical (unpaired) electrons. The molecule has 2 unspecified atom stereocenters. The Kier molecular flexibility index (Phi) is 4.98. The highest BCUT2D eigenvalue weighted by Crippen LogP contribution is 2.34. The highest BCUT2D eigenvalue weighted by atomic mass is 35.5. The Morgan fingerprint density at radius 3 is 2.52 bits per heavy atom. The molecule has 21 heavy (non-hydrogen) atoms.